The van der Waals surface area contributed by atoms with Crippen molar-refractivity contribution in [2.24, 2.45) is 11.8 Å². The summed E-state index contributed by atoms with van der Waals surface area (Å²) in [7, 11) is 0. The zero-order valence-corrected chi connectivity index (χ0v) is 27.3. The van der Waals surface area contributed by atoms with Crippen LogP contribution < -0.4 is 4.74 Å². The predicted molar refractivity (Wildman–Crippen MR) is 162 cm³/mol. The van der Waals surface area contributed by atoms with E-state index in [0.29, 0.717) is 36.7 Å². The van der Waals surface area contributed by atoms with Gasteiger partial charge >= 0.3 is 18.6 Å². The number of rotatable bonds is 12. The maximum atomic E-state index is 15.0. The van der Waals surface area contributed by atoms with E-state index in [1.54, 1.807) is 24.3 Å². The third-order valence-corrected chi connectivity index (χ3v) is 9.29. The summed E-state index contributed by atoms with van der Waals surface area (Å²) in [5, 5.41) is 0. The average molecular weight is 741 g/mol. The maximum Gasteiger partial charge on any atom is 0.527 e. The van der Waals surface area contributed by atoms with Crippen molar-refractivity contribution in [2.75, 3.05) is 13.2 Å². The van der Waals surface area contributed by atoms with E-state index >= 15 is 0 Å². The molecule has 15 heteroatoms. The molecule has 2 atom stereocenters. The van der Waals surface area contributed by atoms with Crippen LogP contribution in [0.15, 0.2) is 48.5 Å². The Kier molecular flexibility index (Phi) is 11.9. The Morgan fingerprint density at radius 2 is 1.22 bits per heavy atom. The average Bonchev–Trinajstić information content (AvgIpc) is 3.03. The van der Waals surface area contributed by atoms with Gasteiger partial charge in [-0.1, -0.05) is 37.6 Å². The Balaban J connectivity index is 1.21. The van der Waals surface area contributed by atoms with Gasteiger partial charge in [0, 0.05) is 18.7 Å². The lowest BCUT2D eigenvalue weighted by Crippen LogP contribution is -2.31. The van der Waals surface area contributed by atoms with Gasteiger partial charge in [0.25, 0.3) is 0 Å². The molecule has 1 saturated heterocycles. The molecule has 5 rings (SSSR count). The summed E-state index contributed by atoms with van der Waals surface area (Å²) < 4.78 is 171. The minimum absolute atomic E-state index is 0.136. The van der Waals surface area contributed by atoms with E-state index in [2.05, 4.69) is 16.4 Å². The number of ether oxygens (including phenoxy) is 4. The molecule has 1 aliphatic heterocycles. The van der Waals surface area contributed by atoms with Gasteiger partial charge in [-0.3, -0.25) is 0 Å². The highest BCUT2D eigenvalue weighted by Gasteiger charge is 2.50. The number of hydrogen-bond acceptors (Lipinski definition) is 4. The molecule has 2 aliphatic rings. The summed E-state index contributed by atoms with van der Waals surface area (Å²) in [5.74, 6) is -9.08. The molecule has 2 unspecified atom stereocenters. The quantitative estimate of drug-likeness (QED) is 0.137. The smallest absolute Gasteiger partial charge is 0.429 e. The van der Waals surface area contributed by atoms with Crippen LogP contribution in [0.3, 0.4) is 0 Å². The molecule has 0 spiro atoms. The van der Waals surface area contributed by atoms with Gasteiger partial charge in [0.05, 0.1) is 18.8 Å². The van der Waals surface area contributed by atoms with E-state index in [1.807, 2.05) is 0 Å². The molecule has 3 aromatic carbocycles. The van der Waals surface area contributed by atoms with Crippen LogP contribution in [0.25, 0.3) is 11.1 Å². The lowest BCUT2D eigenvalue weighted by Gasteiger charge is -2.38. The molecule has 0 aromatic heterocycles. The third kappa shape index (κ3) is 9.52. The SMILES string of the molecule is CCCCOC1CCC(C2CCC(c3ccc(-c4cc(F)c(C(F)(F)Oc5cc(F)c(C(F)(F)OC(F)(F)F)c(F)c5)c(F)c4)cc3)OC2)CC1. The van der Waals surface area contributed by atoms with Crippen molar-refractivity contribution in [3.05, 3.63) is 88.5 Å². The second-order valence-corrected chi connectivity index (χ2v) is 12.8. The first-order chi connectivity index (χ1) is 24.0. The van der Waals surface area contributed by atoms with Crippen molar-refractivity contribution in [3.63, 3.8) is 0 Å². The Hall–Kier alpha value is -3.43. The Morgan fingerprint density at radius 3 is 1.75 bits per heavy atom. The lowest BCUT2D eigenvalue weighted by atomic mass is 9.76. The van der Waals surface area contributed by atoms with Crippen molar-refractivity contribution < 1.29 is 67.2 Å². The standard InChI is InChI=1S/C36H35F11O4/c1-2-3-14-48-25-11-8-20(9-12-25)23-10-13-31(49-19-23)22-6-4-21(5-7-22)24-15-27(37)32(28(38)16-24)34(41,42)50-26-17-29(39)33(30(40)18-26)35(43,44)51-36(45,46)47/h4-7,15-18,20,23,25,31H,2-3,8-14,19H2,1H3. The zero-order valence-electron chi connectivity index (χ0n) is 27.3. The molecule has 2 fully saturated rings. The molecule has 0 bridgehead atoms. The third-order valence-electron chi connectivity index (χ3n) is 9.29. The molecule has 0 N–H and O–H groups in total. The minimum atomic E-state index is -6.02. The molecular formula is C36H35F11O4. The van der Waals surface area contributed by atoms with Gasteiger partial charge in [-0.15, -0.1) is 13.2 Å². The fourth-order valence-corrected chi connectivity index (χ4v) is 6.72. The zero-order chi connectivity index (χ0) is 37.1. The summed E-state index contributed by atoms with van der Waals surface area (Å²) in [4.78, 5) is 0. The summed E-state index contributed by atoms with van der Waals surface area (Å²) in [5.41, 5.74) is -3.56. The van der Waals surface area contributed by atoms with Gasteiger partial charge in [-0.25, -0.2) is 22.3 Å². The molecule has 1 aliphatic carbocycles. The highest BCUT2D eigenvalue weighted by atomic mass is 19.4. The fraction of sp³-hybridized carbons (Fsp3) is 0.500. The fourth-order valence-electron chi connectivity index (χ4n) is 6.72. The van der Waals surface area contributed by atoms with E-state index in [-0.39, 0.29) is 29.4 Å². The van der Waals surface area contributed by atoms with Gasteiger partial charge in [-0.2, -0.15) is 17.6 Å². The van der Waals surface area contributed by atoms with Crippen LogP contribution in [0.5, 0.6) is 5.75 Å². The largest absolute Gasteiger partial charge is 0.527 e. The molecule has 280 valence electrons. The van der Waals surface area contributed by atoms with Gasteiger partial charge < -0.3 is 14.2 Å². The highest BCUT2D eigenvalue weighted by Crippen LogP contribution is 2.43. The van der Waals surface area contributed by atoms with Crippen LogP contribution in [0.2, 0.25) is 0 Å². The van der Waals surface area contributed by atoms with Crippen LogP contribution in [0.4, 0.5) is 48.3 Å². The Morgan fingerprint density at radius 1 is 0.667 bits per heavy atom. The molecule has 0 amide bonds. The van der Waals surface area contributed by atoms with Gasteiger partial charge in [0.1, 0.15) is 40.1 Å². The highest BCUT2D eigenvalue weighted by molar-refractivity contribution is 5.64. The first kappa shape index (κ1) is 38.8. The molecule has 1 saturated carbocycles. The summed E-state index contributed by atoms with van der Waals surface area (Å²) >= 11 is 0. The Labute approximate surface area is 286 Å². The van der Waals surface area contributed by atoms with Crippen LogP contribution in [-0.2, 0) is 26.4 Å². The lowest BCUT2D eigenvalue weighted by molar-refractivity contribution is -0.432. The second-order valence-electron chi connectivity index (χ2n) is 12.8. The van der Waals surface area contributed by atoms with E-state index in [1.165, 1.54) is 0 Å². The van der Waals surface area contributed by atoms with Crippen molar-refractivity contribution >= 4 is 0 Å². The number of benzene rings is 3. The van der Waals surface area contributed by atoms with Gasteiger partial charge in [0.15, 0.2) is 0 Å². The molecule has 0 radical (unpaired) electrons. The van der Waals surface area contributed by atoms with Crippen molar-refractivity contribution in [1.82, 2.24) is 0 Å². The van der Waals surface area contributed by atoms with E-state index in [0.717, 1.165) is 63.5 Å². The van der Waals surface area contributed by atoms with Crippen LogP contribution in [-0.4, -0.2) is 25.7 Å². The first-order valence-corrected chi connectivity index (χ1v) is 16.5. The van der Waals surface area contributed by atoms with Crippen LogP contribution >= 0.6 is 0 Å². The minimum Gasteiger partial charge on any atom is -0.429 e. The summed E-state index contributed by atoms with van der Waals surface area (Å²) in [6.07, 6.45) is -8.20. The molecule has 1 heterocycles. The van der Waals surface area contributed by atoms with Crippen LogP contribution in [0.1, 0.15) is 81.1 Å². The normalized spacial score (nSPS) is 21.9. The predicted octanol–water partition coefficient (Wildman–Crippen LogP) is 11.5. The summed E-state index contributed by atoms with van der Waals surface area (Å²) in [6, 6.07) is 7.03. The molecule has 51 heavy (non-hydrogen) atoms. The first-order valence-electron chi connectivity index (χ1n) is 16.5. The maximum absolute atomic E-state index is 15.0. The van der Waals surface area contributed by atoms with E-state index in [4.69, 9.17) is 9.47 Å². The number of unbranched alkanes of at least 4 members (excludes halogenated alkanes) is 1. The van der Waals surface area contributed by atoms with Crippen molar-refractivity contribution in [1.29, 1.82) is 0 Å². The Bertz CT molecular complexity index is 1580. The van der Waals surface area contributed by atoms with Crippen molar-refractivity contribution in [2.45, 2.75) is 89.1 Å². The monoisotopic (exact) mass is 740 g/mol. The number of alkyl halides is 7. The molecular weight excluding hydrogens is 705 g/mol. The molecule has 4 nitrogen and oxygen atoms in total. The summed E-state index contributed by atoms with van der Waals surface area (Å²) in [6.45, 7) is 3.54. The van der Waals surface area contributed by atoms with Gasteiger partial charge in [0.2, 0.25) is 0 Å². The van der Waals surface area contributed by atoms with Crippen LogP contribution in [0, 0.1) is 35.1 Å². The topological polar surface area (TPSA) is 36.9 Å². The number of hydrogen-bond donors (Lipinski definition) is 0. The van der Waals surface area contributed by atoms with E-state index < -0.39 is 58.7 Å². The van der Waals surface area contributed by atoms with Crippen molar-refractivity contribution in [3.8, 4) is 16.9 Å². The van der Waals surface area contributed by atoms with Gasteiger partial charge in [-0.05, 0) is 85.6 Å². The van der Waals surface area contributed by atoms with E-state index in [9.17, 15) is 48.3 Å². The second kappa shape index (κ2) is 15.7. The molecule has 3 aromatic rings. The number of halogens is 11.